The van der Waals surface area contributed by atoms with Crippen LogP contribution < -0.4 is 14.4 Å². The Morgan fingerprint density at radius 3 is 2.35 bits per heavy atom. The number of nitrogens with zero attached hydrogens (tertiary/aromatic N) is 2. The van der Waals surface area contributed by atoms with Crippen LogP contribution in [-0.4, -0.2) is 51.9 Å². The molecule has 0 radical (unpaired) electrons. The molecule has 3 aromatic rings. The molecule has 1 aromatic heterocycles. The van der Waals surface area contributed by atoms with Crippen molar-refractivity contribution in [3.8, 4) is 5.75 Å². The maximum atomic E-state index is 14.3. The Balaban J connectivity index is 1.39. The standard InChI is InChI=1S/C30H28F5N3O6S2/c31-28(32)44-20-6-8-21(9-7-20)46(42,43)38-25-10-5-19(27(39)37-17-24-22(30(33,34)35)2-1-13-36-24)16-23(25)29(26(38)18-3-4-18)11-14-45(40,41)15-12-29/h1-2,5-10,13,16,18,26,28H,3-4,11-12,14-15,17H2,(H,37,39). The number of pyridine rings is 1. The van der Waals surface area contributed by atoms with Crippen LogP contribution in [0, 0.1) is 5.92 Å². The van der Waals surface area contributed by atoms with E-state index in [0.717, 1.165) is 36.4 Å². The average Bonchev–Trinajstić information content (AvgIpc) is 3.80. The molecule has 46 heavy (non-hydrogen) atoms. The number of hydrogen-bond donors (Lipinski definition) is 1. The van der Waals surface area contributed by atoms with Crippen LogP contribution in [-0.2, 0) is 38.0 Å². The number of amides is 1. The monoisotopic (exact) mass is 685 g/mol. The van der Waals surface area contributed by atoms with E-state index in [1.807, 2.05) is 0 Å². The second kappa shape index (κ2) is 11.5. The van der Waals surface area contributed by atoms with Gasteiger partial charge in [-0.3, -0.25) is 14.1 Å². The summed E-state index contributed by atoms with van der Waals surface area (Å²) >= 11 is 0. The molecule has 1 N–H and O–H groups in total. The molecule has 1 saturated heterocycles. The number of alkyl halides is 5. The van der Waals surface area contributed by atoms with E-state index in [9.17, 15) is 43.6 Å². The summed E-state index contributed by atoms with van der Waals surface area (Å²) in [4.78, 5) is 16.8. The van der Waals surface area contributed by atoms with Gasteiger partial charge >= 0.3 is 12.8 Å². The highest BCUT2D eigenvalue weighted by molar-refractivity contribution is 7.93. The zero-order valence-corrected chi connectivity index (χ0v) is 25.6. The number of sulfonamides is 1. The van der Waals surface area contributed by atoms with Crippen molar-refractivity contribution < 1.29 is 48.3 Å². The molecule has 246 valence electrons. The Morgan fingerprint density at radius 2 is 1.74 bits per heavy atom. The minimum absolute atomic E-state index is 0.0540. The van der Waals surface area contributed by atoms with E-state index in [0.29, 0.717) is 18.4 Å². The van der Waals surface area contributed by atoms with Crippen LogP contribution in [0.15, 0.2) is 65.7 Å². The summed E-state index contributed by atoms with van der Waals surface area (Å²) in [6.45, 7) is -3.62. The lowest BCUT2D eigenvalue weighted by Gasteiger charge is -2.41. The maximum absolute atomic E-state index is 14.3. The molecule has 3 heterocycles. The van der Waals surface area contributed by atoms with Gasteiger partial charge in [-0.15, -0.1) is 0 Å². The predicted molar refractivity (Wildman–Crippen MR) is 156 cm³/mol. The van der Waals surface area contributed by atoms with E-state index in [2.05, 4.69) is 15.0 Å². The van der Waals surface area contributed by atoms with Gasteiger partial charge in [0.15, 0.2) is 0 Å². The van der Waals surface area contributed by atoms with Gasteiger partial charge in [0, 0.05) is 17.2 Å². The normalized spacial score (nSPS) is 20.5. The number of carbonyl (C=O) groups is 1. The fourth-order valence-corrected chi connectivity index (χ4v) is 9.97. The summed E-state index contributed by atoms with van der Waals surface area (Å²) in [5, 5.41) is 2.46. The van der Waals surface area contributed by atoms with Crippen LogP contribution in [0.3, 0.4) is 0 Å². The van der Waals surface area contributed by atoms with Crippen LogP contribution in [0.25, 0.3) is 0 Å². The van der Waals surface area contributed by atoms with E-state index in [-0.39, 0.29) is 57.9 Å². The number of anilines is 1. The molecule has 1 amide bonds. The smallest absolute Gasteiger partial charge is 0.418 e. The molecule has 2 aliphatic heterocycles. The van der Waals surface area contributed by atoms with Crippen LogP contribution in [0.1, 0.15) is 52.9 Å². The second-order valence-electron chi connectivity index (χ2n) is 11.7. The summed E-state index contributed by atoms with van der Waals surface area (Å²) < 4.78 is 125. The first-order chi connectivity index (χ1) is 21.6. The van der Waals surface area contributed by atoms with Crippen molar-refractivity contribution in [2.45, 2.75) is 61.4 Å². The van der Waals surface area contributed by atoms with Gasteiger partial charge in [-0.1, -0.05) is 0 Å². The molecular formula is C30H28F5N3O6S2. The third-order valence-corrected chi connectivity index (χ3v) is 12.3. The molecule has 1 aliphatic carbocycles. The summed E-state index contributed by atoms with van der Waals surface area (Å²) in [6.07, 6.45) is -1.91. The van der Waals surface area contributed by atoms with Gasteiger partial charge in [0.2, 0.25) is 0 Å². The Bertz CT molecular complexity index is 1870. The van der Waals surface area contributed by atoms with Gasteiger partial charge < -0.3 is 10.1 Å². The molecule has 16 heteroatoms. The zero-order chi connectivity index (χ0) is 33.1. The van der Waals surface area contributed by atoms with Gasteiger partial charge in [0.25, 0.3) is 15.9 Å². The first-order valence-electron chi connectivity index (χ1n) is 14.4. The van der Waals surface area contributed by atoms with Gasteiger partial charge in [-0.05, 0) is 91.8 Å². The van der Waals surface area contributed by atoms with Gasteiger partial charge in [0.05, 0.1) is 45.9 Å². The zero-order valence-electron chi connectivity index (χ0n) is 24.0. The first-order valence-corrected chi connectivity index (χ1v) is 17.6. The van der Waals surface area contributed by atoms with Crippen molar-refractivity contribution in [3.63, 3.8) is 0 Å². The van der Waals surface area contributed by atoms with Crippen molar-refractivity contribution >= 4 is 31.5 Å². The topological polar surface area (TPSA) is 123 Å². The lowest BCUT2D eigenvalue weighted by Crippen LogP contribution is -2.52. The Morgan fingerprint density at radius 1 is 1.07 bits per heavy atom. The molecule has 9 nitrogen and oxygen atoms in total. The van der Waals surface area contributed by atoms with Gasteiger partial charge in [0.1, 0.15) is 15.6 Å². The summed E-state index contributed by atoms with van der Waals surface area (Å²) in [5.74, 6) is -1.45. The van der Waals surface area contributed by atoms with E-state index in [4.69, 9.17) is 0 Å². The number of nitrogens with one attached hydrogen (secondary N) is 1. The molecule has 2 aromatic carbocycles. The Hall–Kier alpha value is -3.79. The number of hydrogen-bond acceptors (Lipinski definition) is 7. The van der Waals surface area contributed by atoms with Crippen LogP contribution >= 0.6 is 0 Å². The highest BCUT2D eigenvalue weighted by atomic mass is 32.2. The van der Waals surface area contributed by atoms with Crippen LogP contribution in [0.2, 0.25) is 0 Å². The van der Waals surface area contributed by atoms with Crippen molar-refractivity contribution in [2.75, 3.05) is 15.8 Å². The number of carbonyl (C=O) groups excluding carboxylic acids is 1. The van der Waals surface area contributed by atoms with Gasteiger partial charge in [-0.2, -0.15) is 22.0 Å². The number of halogens is 5. The largest absolute Gasteiger partial charge is 0.435 e. The molecule has 1 spiro atoms. The Labute approximate surface area is 261 Å². The van der Waals surface area contributed by atoms with E-state index < -0.39 is 62.1 Å². The average molecular weight is 686 g/mol. The van der Waals surface area contributed by atoms with E-state index >= 15 is 0 Å². The fraction of sp³-hybridized carbons (Fsp3) is 0.400. The molecule has 2 fully saturated rings. The highest BCUT2D eigenvalue weighted by Gasteiger charge is 2.60. The predicted octanol–water partition coefficient (Wildman–Crippen LogP) is 5.07. The van der Waals surface area contributed by atoms with Crippen molar-refractivity contribution in [2.24, 2.45) is 5.92 Å². The fourth-order valence-electron chi connectivity index (χ4n) is 6.61. The quantitative estimate of drug-likeness (QED) is 0.329. The third kappa shape index (κ3) is 5.92. The van der Waals surface area contributed by atoms with Crippen molar-refractivity contribution in [3.05, 3.63) is 83.2 Å². The van der Waals surface area contributed by atoms with E-state index in [1.54, 1.807) is 0 Å². The molecule has 6 rings (SSSR count). The summed E-state index contributed by atoms with van der Waals surface area (Å²) in [5.41, 5.74) is -1.57. The third-order valence-electron chi connectivity index (χ3n) is 8.86. The number of benzene rings is 2. The van der Waals surface area contributed by atoms with Crippen molar-refractivity contribution in [1.29, 1.82) is 0 Å². The van der Waals surface area contributed by atoms with Crippen LogP contribution in [0.4, 0.5) is 27.6 Å². The minimum Gasteiger partial charge on any atom is -0.435 e. The van der Waals surface area contributed by atoms with Crippen molar-refractivity contribution in [1.82, 2.24) is 10.3 Å². The highest BCUT2D eigenvalue weighted by Crippen LogP contribution is 2.59. The lowest BCUT2D eigenvalue weighted by atomic mass is 9.70. The molecule has 1 saturated carbocycles. The van der Waals surface area contributed by atoms with Crippen LogP contribution in [0.5, 0.6) is 5.75 Å². The number of aromatic nitrogens is 1. The van der Waals surface area contributed by atoms with Gasteiger partial charge in [-0.25, -0.2) is 16.8 Å². The van der Waals surface area contributed by atoms with E-state index in [1.165, 1.54) is 28.7 Å². The number of fused-ring (bicyclic) bond motifs is 2. The molecule has 3 aliphatic rings. The first kappa shape index (κ1) is 32.2. The lowest BCUT2D eigenvalue weighted by molar-refractivity contribution is -0.138. The summed E-state index contributed by atoms with van der Waals surface area (Å²) in [6, 6.07) is 10.2. The Kier molecular flexibility index (Phi) is 8.02. The molecule has 1 unspecified atom stereocenters. The molecule has 0 bridgehead atoms. The minimum atomic E-state index is -4.68. The SMILES string of the molecule is O=C(NCc1ncccc1C(F)(F)F)c1ccc2c(c1)C1(CCS(=O)(=O)CC1)C(C1CC1)N2S(=O)(=O)c1ccc(OC(F)F)cc1. The molecular weight excluding hydrogens is 657 g/mol. The number of ether oxygens (including phenoxy) is 1. The number of sulfone groups is 1. The maximum Gasteiger partial charge on any atom is 0.418 e. The summed E-state index contributed by atoms with van der Waals surface area (Å²) in [7, 11) is -7.73. The number of rotatable bonds is 8. The molecule has 1 atom stereocenters. The second-order valence-corrected chi connectivity index (χ2v) is 15.8.